The van der Waals surface area contributed by atoms with Crippen molar-refractivity contribution in [3.63, 3.8) is 0 Å². The van der Waals surface area contributed by atoms with E-state index in [1.54, 1.807) is 12.1 Å². The van der Waals surface area contributed by atoms with Crippen LogP contribution in [0, 0.1) is 11.6 Å². The average molecular weight is 499 g/mol. The summed E-state index contributed by atoms with van der Waals surface area (Å²) in [5.74, 6) is -4.39. The maximum atomic E-state index is 14.0. The van der Waals surface area contributed by atoms with Crippen LogP contribution in [0.3, 0.4) is 0 Å². The van der Waals surface area contributed by atoms with Gasteiger partial charge in [-0.2, -0.15) is 0 Å². The van der Waals surface area contributed by atoms with Gasteiger partial charge in [0.05, 0.1) is 12.2 Å². The molecule has 0 radical (unpaired) electrons. The Balaban J connectivity index is 1.72. The molecule has 2 aromatic carbocycles. The van der Waals surface area contributed by atoms with Gasteiger partial charge in [0, 0.05) is 32.3 Å². The van der Waals surface area contributed by atoms with E-state index in [4.69, 9.17) is 4.74 Å². The number of amides is 1. The smallest absolute Gasteiger partial charge is 0.330 e. The number of hydrogen-bond acceptors (Lipinski definition) is 5. The van der Waals surface area contributed by atoms with E-state index in [1.807, 2.05) is 0 Å². The first-order valence-corrected chi connectivity index (χ1v) is 11.1. The molecular formula is C25H23F2N3O6. The van der Waals surface area contributed by atoms with Crippen LogP contribution in [-0.2, 0) is 31.7 Å². The number of fused-ring (bicyclic) bond motifs is 1. The van der Waals surface area contributed by atoms with E-state index >= 15 is 0 Å². The van der Waals surface area contributed by atoms with Crippen LogP contribution in [0.15, 0.2) is 46.1 Å². The number of aryl methyl sites for hydroxylation is 1. The fourth-order valence-corrected chi connectivity index (χ4v) is 4.29. The number of aromatic nitrogens is 2. The third kappa shape index (κ3) is 4.51. The van der Waals surface area contributed by atoms with Gasteiger partial charge in [-0.3, -0.25) is 14.2 Å². The van der Waals surface area contributed by atoms with Gasteiger partial charge in [0.1, 0.15) is 29.0 Å². The van der Waals surface area contributed by atoms with E-state index in [9.17, 15) is 33.1 Å². The van der Waals surface area contributed by atoms with E-state index < -0.39 is 46.4 Å². The lowest BCUT2D eigenvalue weighted by Crippen LogP contribution is -2.43. The molecule has 2 heterocycles. The molecule has 1 aromatic heterocycles. The summed E-state index contributed by atoms with van der Waals surface area (Å²) < 4.78 is 36.1. The lowest BCUT2D eigenvalue weighted by Gasteiger charge is -2.25. The van der Waals surface area contributed by atoms with Gasteiger partial charge in [0.25, 0.3) is 11.5 Å². The fraction of sp³-hybridized carbons (Fsp3) is 0.280. The number of carboxylic acid groups (broad SMARTS) is 1. The van der Waals surface area contributed by atoms with Crippen LogP contribution < -0.4 is 21.3 Å². The molecule has 2 N–H and O–H groups in total. The minimum Gasteiger partial charge on any atom is -0.493 e. The van der Waals surface area contributed by atoms with E-state index in [0.29, 0.717) is 41.9 Å². The van der Waals surface area contributed by atoms with Crippen LogP contribution in [0.4, 0.5) is 8.78 Å². The monoisotopic (exact) mass is 499 g/mol. The minimum atomic E-state index is -1.49. The zero-order chi connectivity index (χ0) is 26.1. The molecular weight excluding hydrogens is 476 g/mol. The summed E-state index contributed by atoms with van der Waals surface area (Å²) >= 11 is 0. The van der Waals surface area contributed by atoms with Crippen molar-refractivity contribution in [3.8, 4) is 16.9 Å². The predicted octanol–water partition coefficient (Wildman–Crippen LogP) is 1.78. The van der Waals surface area contributed by atoms with Crippen molar-refractivity contribution in [2.45, 2.75) is 25.3 Å². The molecule has 1 atom stereocenters. The standard InChI is InChI=1S/C25H23F2N3O6/c1-29-12-16(23(32)30(2)25(29)35)15-9-8-13(14-5-4-10-36-21(14)15)11-19(24(33)34)28-22(31)20-17(26)6-3-7-18(20)27/h3,6-9,12,19H,4-5,10-11H2,1-2H3,(H,28,31)(H,33,34). The molecule has 3 aromatic rings. The van der Waals surface area contributed by atoms with Crippen molar-refractivity contribution in [1.82, 2.24) is 14.5 Å². The Bertz CT molecular complexity index is 1470. The lowest BCUT2D eigenvalue weighted by atomic mass is 9.91. The Morgan fingerprint density at radius 1 is 1.11 bits per heavy atom. The number of carbonyl (C=O) groups excluding carboxylic acids is 1. The van der Waals surface area contributed by atoms with Crippen LogP contribution in [0.2, 0.25) is 0 Å². The van der Waals surface area contributed by atoms with Crippen LogP contribution in [0.1, 0.15) is 27.9 Å². The SMILES string of the molecule is Cn1cc(-c2ccc(CC(NC(=O)c3c(F)cccc3F)C(=O)O)c3c2OCCC3)c(=O)n(C)c1=O. The minimum absolute atomic E-state index is 0.186. The summed E-state index contributed by atoms with van der Waals surface area (Å²) in [7, 11) is 2.89. The zero-order valence-electron chi connectivity index (χ0n) is 19.5. The Kier molecular flexibility index (Phi) is 6.73. The van der Waals surface area contributed by atoms with Crippen molar-refractivity contribution in [1.29, 1.82) is 0 Å². The molecule has 0 spiro atoms. The Morgan fingerprint density at radius 3 is 2.47 bits per heavy atom. The molecule has 36 heavy (non-hydrogen) atoms. The maximum Gasteiger partial charge on any atom is 0.330 e. The number of aliphatic carboxylic acids is 1. The molecule has 0 bridgehead atoms. The second-order valence-corrected chi connectivity index (χ2v) is 8.50. The predicted molar refractivity (Wildman–Crippen MR) is 125 cm³/mol. The quantitative estimate of drug-likeness (QED) is 0.534. The van der Waals surface area contributed by atoms with Crippen molar-refractivity contribution < 1.29 is 28.2 Å². The summed E-state index contributed by atoms with van der Waals surface area (Å²) in [5, 5.41) is 11.9. The number of rotatable bonds is 6. The molecule has 4 rings (SSSR count). The highest BCUT2D eigenvalue weighted by atomic mass is 19.1. The fourth-order valence-electron chi connectivity index (χ4n) is 4.29. The van der Waals surface area contributed by atoms with Gasteiger partial charge >= 0.3 is 11.7 Å². The summed E-state index contributed by atoms with van der Waals surface area (Å²) in [6.45, 7) is 0.376. The molecule has 188 valence electrons. The van der Waals surface area contributed by atoms with Crippen LogP contribution in [0.5, 0.6) is 5.75 Å². The van der Waals surface area contributed by atoms with Gasteiger partial charge in [0.15, 0.2) is 0 Å². The van der Waals surface area contributed by atoms with Gasteiger partial charge in [0.2, 0.25) is 0 Å². The molecule has 0 fully saturated rings. The molecule has 1 aliphatic rings. The van der Waals surface area contributed by atoms with Crippen LogP contribution in [-0.4, -0.2) is 38.8 Å². The zero-order valence-corrected chi connectivity index (χ0v) is 19.5. The highest BCUT2D eigenvalue weighted by molar-refractivity contribution is 5.97. The number of benzene rings is 2. The lowest BCUT2D eigenvalue weighted by molar-refractivity contribution is -0.139. The molecule has 9 nitrogen and oxygen atoms in total. The average Bonchev–Trinajstić information content (AvgIpc) is 2.84. The second kappa shape index (κ2) is 9.76. The van der Waals surface area contributed by atoms with E-state index in [1.165, 1.54) is 24.9 Å². The summed E-state index contributed by atoms with van der Waals surface area (Å²) in [6.07, 6.45) is 2.39. The number of halogens is 2. The number of hydrogen-bond donors (Lipinski definition) is 2. The van der Waals surface area contributed by atoms with E-state index in [2.05, 4.69) is 5.32 Å². The van der Waals surface area contributed by atoms with Crippen molar-refractivity contribution in [2.24, 2.45) is 14.1 Å². The normalized spacial score (nSPS) is 13.4. The van der Waals surface area contributed by atoms with Crippen molar-refractivity contribution >= 4 is 11.9 Å². The van der Waals surface area contributed by atoms with Gasteiger partial charge in [-0.05, 0) is 36.1 Å². The molecule has 1 aliphatic heterocycles. The van der Waals surface area contributed by atoms with Gasteiger partial charge in [-0.1, -0.05) is 18.2 Å². The topological polar surface area (TPSA) is 120 Å². The third-order valence-corrected chi connectivity index (χ3v) is 6.13. The first-order chi connectivity index (χ1) is 17.1. The molecule has 1 amide bonds. The van der Waals surface area contributed by atoms with Crippen molar-refractivity contribution in [2.75, 3.05) is 6.61 Å². The molecule has 11 heteroatoms. The van der Waals surface area contributed by atoms with Crippen molar-refractivity contribution in [3.05, 3.63) is 85.7 Å². The first kappa shape index (κ1) is 24.8. The van der Waals surface area contributed by atoms with Crippen LogP contribution >= 0.6 is 0 Å². The molecule has 0 aliphatic carbocycles. The molecule has 0 saturated heterocycles. The number of carboxylic acids is 1. The Labute approximate surface area is 203 Å². The summed E-state index contributed by atoms with van der Waals surface area (Å²) in [6, 6.07) is 4.64. The van der Waals surface area contributed by atoms with Gasteiger partial charge in [-0.15, -0.1) is 0 Å². The number of ether oxygens (including phenoxy) is 1. The Hall–Kier alpha value is -4.28. The van der Waals surface area contributed by atoms with Crippen LogP contribution in [0.25, 0.3) is 11.1 Å². The highest BCUT2D eigenvalue weighted by Gasteiger charge is 2.28. The number of nitrogens with zero attached hydrogens (tertiary/aromatic N) is 2. The number of nitrogens with one attached hydrogen (secondary N) is 1. The molecule has 1 unspecified atom stereocenters. The summed E-state index contributed by atoms with van der Waals surface area (Å²) in [4.78, 5) is 49.3. The van der Waals surface area contributed by atoms with E-state index in [0.717, 1.165) is 22.8 Å². The maximum absolute atomic E-state index is 14.0. The second-order valence-electron chi connectivity index (χ2n) is 8.50. The molecule has 0 saturated carbocycles. The number of carbonyl (C=O) groups is 2. The Morgan fingerprint density at radius 2 is 1.81 bits per heavy atom. The first-order valence-electron chi connectivity index (χ1n) is 11.1. The van der Waals surface area contributed by atoms with Gasteiger partial charge in [-0.25, -0.2) is 18.4 Å². The summed E-state index contributed by atoms with van der Waals surface area (Å²) in [5.41, 5.74) is 0.0294. The third-order valence-electron chi connectivity index (χ3n) is 6.13. The highest BCUT2D eigenvalue weighted by Crippen LogP contribution is 2.37. The largest absolute Gasteiger partial charge is 0.493 e. The van der Waals surface area contributed by atoms with Gasteiger partial charge < -0.3 is 19.7 Å². The van der Waals surface area contributed by atoms with E-state index in [-0.39, 0.29) is 12.0 Å².